The second-order valence-electron chi connectivity index (χ2n) is 5.20. The van der Waals surface area contributed by atoms with Crippen LogP contribution in [0.15, 0.2) is 24.3 Å². The molecule has 0 unspecified atom stereocenters. The molecule has 0 saturated heterocycles. The van der Waals surface area contributed by atoms with Gasteiger partial charge in [-0.1, -0.05) is 25.5 Å². The Morgan fingerprint density at radius 2 is 1.80 bits per heavy atom. The third kappa shape index (κ3) is 7.29. The highest BCUT2D eigenvalue weighted by Crippen LogP contribution is 2.14. The highest BCUT2D eigenvalue weighted by Gasteiger charge is 2.04. The van der Waals surface area contributed by atoms with Gasteiger partial charge in [-0.25, -0.2) is 0 Å². The van der Waals surface area contributed by atoms with E-state index in [0.717, 1.165) is 32.3 Å². The van der Waals surface area contributed by atoms with Crippen molar-refractivity contribution in [3.63, 3.8) is 0 Å². The van der Waals surface area contributed by atoms with Crippen molar-refractivity contribution in [3.05, 3.63) is 29.8 Å². The van der Waals surface area contributed by atoms with Gasteiger partial charge in [0, 0.05) is 13.0 Å². The van der Waals surface area contributed by atoms with Crippen LogP contribution in [0.3, 0.4) is 0 Å². The largest absolute Gasteiger partial charge is 0.427 e. The predicted molar refractivity (Wildman–Crippen MR) is 81.0 cm³/mol. The molecule has 0 aromatic heterocycles. The molecule has 0 heterocycles. The molecule has 0 bridgehead atoms. The maximum Gasteiger partial charge on any atom is 0.311 e. The van der Waals surface area contributed by atoms with Crippen molar-refractivity contribution in [2.45, 2.75) is 59.0 Å². The lowest BCUT2D eigenvalue weighted by Gasteiger charge is -2.07. The maximum atomic E-state index is 11.7. The molecule has 20 heavy (non-hydrogen) atoms. The van der Waals surface area contributed by atoms with Gasteiger partial charge in [-0.3, -0.25) is 4.79 Å². The van der Waals surface area contributed by atoms with Gasteiger partial charge < -0.3 is 9.47 Å². The number of unbranched alkanes of at least 4 members (excludes halogenated alkanes) is 2. The van der Waals surface area contributed by atoms with Crippen molar-refractivity contribution in [3.8, 4) is 5.75 Å². The van der Waals surface area contributed by atoms with Crippen LogP contribution in [0.4, 0.5) is 0 Å². The van der Waals surface area contributed by atoms with Gasteiger partial charge in [0.15, 0.2) is 0 Å². The molecule has 0 spiro atoms. The molecule has 0 aliphatic heterocycles. The van der Waals surface area contributed by atoms with E-state index in [4.69, 9.17) is 9.47 Å². The van der Waals surface area contributed by atoms with Gasteiger partial charge in [0.1, 0.15) is 5.75 Å². The zero-order valence-electron chi connectivity index (χ0n) is 12.9. The fourth-order valence-corrected chi connectivity index (χ4v) is 1.84. The van der Waals surface area contributed by atoms with E-state index in [9.17, 15) is 4.79 Å². The summed E-state index contributed by atoms with van der Waals surface area (Å²) in [6.07, 6.45) is 4.59. The molecule has 0 aliphatic rings. The van der Waals surface area contributed by atoms with Crippen LogP contribution in [0.5, 0.6) is 5.75 Å². The quantitative estimate of drug-likeness (QED) is 0.387. The van der Waals surface area contributed by atoms with E-state index in [-0.39, 0.29) is 12.1 Å². The molecule has 0 amide bonds. The SMILES string of the molecule is CCc1ccc(OC(=O)CCCCCOC(C)C)cc1. The predicted octanol–water partition coefficient (Wildman–Crippen LogP) is 4.14. The Bertz CT molecular complexity index is 382. The zero-order valence-corrected chi connectivity index (χ0v) is 12.9. The summed E-state index contributed by atoms with van der Waals surface area (Å²) in [6, 6.07) is 7.69. The summed E-state index contributed by atoms with van der Waals surface area (Å²) in [4.78, 5) is 11.7. The topological polar surface area (TPSA) is 35.5 Å². The Morgan fingerprint density at radius 1 is 1.10 bits per heavy atom. The van der Waals surface area contributed by atoms with Crippen LogP contribution in [0.2, 0.25) is 0 Å². The Hall–Kier alpha value is -1.35. The molecule has 0 N–H and O–H groups in total. The Labute approximate surface area is 122 Å². The number of esters is 1. The third-order valence-corrected chi connectivity index (χ3v) is 3.04. The average molecular weight is 278 g/mol. The van der Waals surface area contributed by atoms with Gasteiger partial charge in [0.05, 0.1) is 6.10 Å². The summed E-state index contributed by atoms with van der Waals surface area (Å²) in [6.45, 7) is 6.93. The molecule has 0 radical (unpaired) electrons. The molecule has 0 fully saturated rings. The van der Waals surface area contributed by atoms with E-state index in [2.05, 4.69) is 6.92 Å². The van der Waals surface area contributed by atoms with E-state index in [1.54, 1.807) is 0 Å². The summed E-state index contributed by atoms with van der Waals surface area (Å²) >= 11 is 0. The van der Waals surface area contributed by atoms with Crippen LogP contribution in [-0.4, -0.2) is 18.7 Å². The number of hydrogen-bond donors (Lipinski definition) is 0. The van der Waals surface area contributed by atoms with Crippen LogP contribution in [0.25, 0.3) is 0 Å². The first-order valence-corrected chi connectivity index (χ1v) is 7.53. The Kier molecular flexibility index (Phi) is 7.97. The highest BCUT2D eigenvalue weighted by molar-refractivity contribution is 5.72. The second kappa shape index (κ2) is 9.54. The molecule has 1 aromatic carbocycles. The maximum absolute atomic E-state index is 11.7. The number of rotatable bonds is 9. The minimum absolute atomic E-state index is 0.154. The smallest absolute Gasteiger partial charge is 0.311 e. The van der Waals surface area contributed by atoms with Crippen molar-refractivity contribution in [1.29, 1.82) is 0 Å². The zero-order chi connectivity index (χ0) is 14.8. The summed E-state index contributed by atoms with van der Waals surface area (Å²) < 4.78 is 10.7. The highest BCUT2D eigenvalue weighted by atomic mass is 16.5. The van der Waals surface area contributed by atoms with Crippen molar-refractivity contribution in [2.75, 3.05) is 6.61 Å². The number of carbonyl (C=O) groups is 1. The minimum Gasteiger partial charge on any atom is -0.427 e. The first kappa shape index (κ1) is 16.7. The molecular weight excluding hydrogens is 252 g/mol. The van der Waals surface area contributed by atoms with Crippen LogP contribution >= 0.6 is 0 Å². The fourth-order valence-electron chi connectivity index (χ4n) is 1.84. The van der Waals surface area contributed by atoms with Crippen LogP contribution in [-0.2, 0) is 16.0 Å². The number of carbonyl (C=O) groups excluding carboxylic acids is 1. The summed E-state index contributed by atoms with van der Waals surface area (Å²) in [5.74, 6) is 0.481. The molecule has 0 saturated carbocycles. The van der Waals surface area contributed by atoms with Gasteiger partial charge in [0.2, 0.25) is 0 Å². The molecule has 0 aliphatic carbocycles. The molecule has 112 valence electrons. The lowest BCUT2D eigenvalue weighted by Crippen LogP contribution is -2.08. The van der Waals surface area contributed by atoms with Crippen LogP contribution in [0.1, 0.15) is 52.0 Å². The van der Waals surface area contributed by atoms with E-state index < -0.39 is 0 Å². The van der Waals surface area contributed by atoms with E-state index in [1.165, 1.54) is 5.56 Å². The van der Waals surface area contributed by atoms with Gasteiger partial charge >= 0.3 is 5.97 Å². The monoisotopic (exact) mass is 278 g/mol. The molecular formula is C17H26O3. The van der Waals surface area contributed by atoms with Crippen molar-refractivity contribution < 1.29 is 14.3 Å². The van der Waals surface area contributed by atoms with Crippen molar-refractivity contribution in [1.82, 2.24) is 0 Å². The second-order valence-corrected chi connectivity index (χ2v) is 5.20. The fraction of sp³-hybridized carbons (Fsp3) is 0.588. The molecule has 1 aromatic rings. The van der Waals surface area contributed by atoms with E-state index >= 15 is 0 Å². The van der Waals surface area contributed by atoms with Crippen LogP contribution < -0.4 is 4.74 Å². The normalized spacial score (nSPS) is 10.8. The first-order chi connectivity index (χ1) is 9.61. The van der Waals surface area contributed by atoms with Gasteiger partial charge in [-0.05, 0) is 50.8 Å². The average Bonchev–Trinajstić information content (AvgIpc) is 2.43. The molecule has 1 rings (SSSR count). The lowest BCUT2D eigenvalue weighted by atomic mass is 10.2. The standard InChI is InChI=1S/C17H26O3/c1-4-15-9-11-16(12-10-15)20-17(18)8-6-5-7-13-19-14(2)3/h9-12,14H,4-8,13H2,1-3H3. The van der Waals surface area contributed by atoms with Crippen molar-refractivity contribution >= 4 is 5.97 Å². The van der Waals surface area contributed by atoms with E-state index in [1.807, 2.05) is 38.1 Å². The number of hydrogen-bond acceptors (Lipinski definition) is 3. The summed E-state index contributed by atoms with van der Waals surface area (Å²) in [5.41, 5.74) is 1.25. The number of benzene rings is 1. The van der Waals surface area contributed by atoms with E-state index in [0.29, 0.717) is 12.2 Å². The summed E-state index contributed by atoms with van der Waals surface area (Å²) in [7, 11) is 0. The number of aryl methyl sites for hydroxylation is 1. The van der Waals surface area contributed by atoms with Gasteiger partial charge in [0.25, 0.3) is 0 Å². The van der Waals surface area contributed by atoms with Gasteiger partial charge in [-0.2, -0.15) is 0 Å². The number of ether oxygens (including phenoxy) is 2. The third-order valence-electron chi connectivity index (χ3n) is 3.04. The molecule has 3 nitrogen and oxygen atoms in total. The molecule has 3 heteroatoms. The molecule has 0 atom stereocenters. The lowest BCUT2D eigenvalue weighted by molar-refractivity contribution is -0.134. The Morgan fingerprint density at radius 3 is 2.40 bits per heavy atom. The Balaban J connectivity index is 2.13. The van der Waals surface area contributed by atoms with Crippen molar-refractivity contribution in [2.24, 2.45) is 0 Å². The van der Waals surface area contributed by atoms with Crippen LogP contribution in [0, 0.1) is 0 Å². The minimum atomic E-state index is -0.154. The first-order valence-electron chi connectivity index (χ1n) is 7.53. The summed E-state index contributed by atoms with van der Waals surface area (Å²) in [5, 5.41) is 0. The van der Waals surface area contributed by atoms with Gasteiger partial charge in [-0.15, -0.1) is 0 Å².